The molecular weight excluding hydrogens is 420 g/mol. The summed E-state index contributed by atoms with van der Waals surface area (Å²) in [7, 11) is 0. The first-order valence-electron chi connectivity index (χ1n) is 11.4. The van der Waals surface area contributed by atoms with Crippen molar-refractivity contribution in [1.82, 2.24) is 10.6 Å². The summed E-state index contributed by atoms with van der Waals surface area (Å²) < 4.78 is 5.63. The Morgan fingerprint density at radius 3 is 2.15 bits per heavy atom. The third-order valence-corrected chi connectivity index (χ3v) is 6.72. The zero-order valence-electron chi connectivity index (χ0n) is 19.0. The van der Waals surface area contributed by atoms with E-state index in [-0.39, 0.29) is 24.5 Å². The maximum atomic E-state index is 12.8. The second kappa shape index (κ2) is 9.25. The molecule has 174 valence electrons. The lowest BCUT2D eigenvalue weighted by atomic mass is 9.83. The third-order valence-electron chi connectivity index (χ3n) is 6.72. The van der Waals surface area contributed by atoms with Gasteiger partial charge >= 0.3 is 12.1 Å². The predicted octanol–water partition coefficient (Wildman–Crippen LogP) is 4.06. The van der Waals surface area contributed by atoms with E-state index in [4.69, 9.17) is 4.74 Å². The Kier molecular flexibility index (Phi) is 6.40. The Hall–Kier alpha value is -3.35. The Morgan fingerprint density at radius 2 is 1.55 bits per heavy atom. The van der Waals surface area contributed by atoms with Crippen LogP contribution < -0.4 is 10.6 Å². The van der Waals surface area contributed by atoms with Gasteiger partial charge in [0.15, 0.2) is 0 Å². The fourth-order valence-corrected chi connectivity index (χ4v) is 4.86. The number of fused-ring (bicyclic) bond motifs is 3. The Labute approximate surface area is 193 Å². The molecule has 0 aromatic heterocycles. The summed E-state index contributed by atoms with van der Waals surface area (Å²) in [6.07, 6.45) is 2.43. The molecule has 7 nitrogen and oxygen atoms in total. The van der Waals surface area contributed by atoms with E-state index >= 15 is 0 Å². The van der Waals surface area contributed by atoms with Crippen molar-refractivity contribution in [3.05, 3.63) is 59.7 Å². The Bertz CT molecular complexity index is 1020. The van der Waals surface area contributed by atoms with Crippen LogP contribution in [0.3, 0.4) is 0 Å². The second-order valence-corrected chi connectivity index (χ2v) is 9.39. The predicted molar refractivity (Wildman–Crippen MR) is 124 cm³/mol. The van der Waals surface area contributed by atoms with Crippen molar-refractivity contribution in [2.45, 2.75) is 57.0 Å². The molecule has 1 fully saturated rings. The number of alkyl carbamates (subject to hydrolysis) is 1. The zero-order chi connectivity index (χ0) is 23.6. The van der Waals surface area contributed by atoms with Crippen LogP contribution in [0.4, 0.5) is 4.79 Å². The Morgan fingerprint density at radius 1 is 0.970 bits per heavy atom. The van der Waals surface area contributed by atoms with Crippen LogP contribution in [0.1, 0.15) is 56.6 Å². The summed E-state index contributed by atoms with van der Waals surface area (Å²) in [5, 5.41) is 14.8. The van der Waals surface area contributed by atoms with E-state index in [9.17, 15) is 19.5 Å². The summed E-state index contributed by atoms with van der Waals surface area (Å²) in [6.45, 7) is 3.10. The van der Waals surface area contributed by atoms with E-state index in [2.05, 4.69) is 34.9 Å². The molecule has 1 saturated carbocycles. The number of hydrogen-bond donors (Lipinski definition) is 3. The van der Waals surface area contributed by atoms with Crippen molar-refractivity contribution in [2.75, 3.05) is 6.61 Å². The molecule has 0 aliphatic heterocycles. The molecule has 7 heteroatoms. The molecule has 0 unspecified atom stereocenters. The second-order valence-electron chi connectivity index (χ2n) is 9.39. The number of nitrogens with one attached hydrogen (secondary N) is 2. The summed E-state index contributed by atoms with van der Waals surface area (Å²) in [5.41, 5.74) is 3.22. The summed E-state index contributed by atoms with van der Waals surface area (Å²) in [5.74, 6) is -1.98. The number of carboxylic acids is 1. The molecule has 33 heavy (non-hydrogen) atoms. The number of hydrogen-bond acceptors (Lipinski definition) is 4. The zero-order valence-corrected chi connectivity index (χ0v) is 19.0. The van der Waals surface area contributed by atoms with Crippen LogP contribution in [0.15, 0.2) is 48.5 Å². The number of benzene rings is 2. The van der Waals surface area contributed by atoms with Gasteiger partial charge in [-0.15, -0.1) is 0 Å². The normalized spacial score (nSPS) is 19.8. The van der Waals surface area contributed by atoms with Gasteiger partial charge < -0.3 is 20.5 Å². The first-order valence-corrected chi connectivity index (χ1v) is 11.4. The molecule has 2 aliphatic carbocycles. The lowest BCUT2D eigenvalue weighted by molar-refractivity contribution is -0.147. The van der Waals surface area contributed by atoms with Crippen LogP contribution in [0.5, 0.6) is 0 Å². The number of carbonyl (C=O) groups is 3. The molecule has 0 spiro atoms. The van der Waals surface area contributed by atoms with Crippen molar-refractivity contribution in [1.29, 1.82) is 0 Å². The fraction of sp³-hybridized carbons (Fsp3) is 0.423. The summed E-state index contributed by atoms with van der Waals surface area (Å²) in [4.78, 5) is 36.9. The van der Waals surface area contributed by atoms with Crippen molar-refractivity contribution >= 4 is 18.0 Å². The van der Waals surface area contributed by atoms with Crippen LogP contribution in [0, 0.1) is 5.92 Å². The maximum Gasteiger partial charge on any atom is 0.407 e. The average Bonchev–Trinajstić information content (AvgIpc) is 3.11. The van der Waals surface area contributed by atoms with Crippen LogP contribution in [0.2, 0.25) is 0 Å². The molecule has 2 aliphatic rings. The molecule has 4 rings (SSSR count). The van der Waals surface area contributed by atoms with Crippen molar-refractivity contribution < 1.29 is 24.2 Å². The summed E-state index contributed by atoms with van der Waals surface area (Å²) >= 11 is 0. The SMILES string of the molecule is CC(C)(NC(=O)[C@H]1CCCC[C@H]1NC(=O)OCC1c2ccccc2-c2ccccc21)C(=O)O. The molecule has 3 N–H and O–H groups in total. The third kappa shape index (κ3) is 4.72. The van der Waals surface area contributed by atoms with E-state index in [0.29, 0.717) is 12.8 Å². The van der Waals surface area contributed by atoms with Crippen molar-refractivity contribution in [2.24, 2.45) is 5.92 Å². The van der Waals surface area contributed by atoms with Crippen molar-refractivity contribution in [3.63, 3.8) is 0 Å². The van der Waals surface area contributed by atoms with Gasteiger partial charge in [0.2, 0.25) is 5.91 Å². The van der Waals surface area contributed by atoms with Crippen LogP contribution in [-0.2, 0) is 14.3 Å². The number of carboxylic acid groups (broad SMARTS) is 1. The maximum absolute atomic E-state index is 12.8. The monoisotopic (exact) mass is 450 g/mol. The first kappa shape index (κ1) is 22.8. The highest BCUT2D eigenvalue weighted by Gasteiger charge is 2.37. The van der Waals surface area contributed by atoms with Gasteiger partial charge in [-0.25, -0.2) is 9.59 Å². The number of amides is 2. The molecule has 2 aromatic carbocycles. The molecule has 0 saturated heterocycles. The van der Waals surface area contributed by atoms with E-state index in [0.717, 1.165) is 35.1 Å². The van der Waals surface area contributed by atoms with E-state index in [1.54, 1.807) is 0 Å². The molecule has 2 atom stereocenters. The standard InChI is InChI=1S/C26H30N2O5/c1-26(2,24(30)31)28-23(29)20-13-7-8-14-22(20)27-25(32)33-15-21-18-11-5-3-9-16(18)17-10-4-6-12-19(17)21/h3-6,9-12,20-22H,7-8,13-15H2,1-2H3,(H,27,32)(H,28,29)(H,30,31)/t20-,22+/m0/s1. The largest absolute Gasteiger partial charge is 0.480 e. The number of aliphatic carboxylic acids is 1. The molecular formula is C26H30N2O5. The van der Waals surface area contributed by atoms with Crippen LogP contribution in [0.25, 0.3) is 11.1 Å². The molecule has 0 heterocycles. The molecule has 2 aromatic rings. The van der Waals surface area contributed by atoms with Crippen molar-refractivity contribution in [3.8, 4) is 11.1 Å². The average molecular weight is 451 g/mol. The van der Waals surface area contributed by atoms with Crippen LogP contribution in [-0.4, -0.2) is 41.3 Å². The van der Waals surface area contributed by atoms with E-state index in [1.807, 2.05) is 24.3 Å². The van der Waals surface area contributed by atoms with Gasteiger partial charge in [-0.1, -0.05) is 61.4 Å². The minimum atomic E-state index is -1.37. The smallest absolute Gasteiger partial charge is 0.407 e. The topological polar surface area (TPSA) is 105 Å². The lowest BCUT2D eigenvalue weighted by Gasteiger charge is -2.33. The minimum absolute atomic E-state index is 0.0371. The van der Waals surface area contributed by atoms with Gasteiger partial charge in [0.05, 0.1) is 5.92 Å². The van der Waals surface area contributed by atoms with Gasteiger partial charge in [-0.3, -0.25) is 4.79 Å². The number of carbonyl (C=O) groups excluding carboxylic acids is 2. The number of ether oxygens (including phenoxy) is 1. The lowest BCUT2D eigenvalue weighted by Crippen LogP contribution is -2.55. The van der Waals surface area contributed by atoms with E-state index in [1.165, 1.54) is 13.8 Å². The highest BCUT2D eigenvalue weighted by molar-refractivity contribution is 5.88. The quantitative estimate of drug-likeness (QED) is 0.616. The molecule has 2 amide bonds. The van der Waals surface area contributed by atoms with Gasteiger partial charge in [0.1, 0.15) is 12.1 Å². The first-order chi connectivity index (χ1) is 15.8. The van der Waals surface area contributed by atoms with Gasteiger partial charge in [0, 0.05) is 12.0 Å². The Balaban J connectivity index is 1.40. The highest BCUT2D eigenvalue weighted by atomic mass is 16.5. The van der Waals surface area contributed by atoms with Gasteiger partial charge in [-0.05, 0) is 48.9 Å². The summed E-state index contributed by atoms with van der Waals surface area (Å²) in [6, 6.07) is 15.9. The molecule has 0 radical (unpaired) electrons. The highest BCUT2D eigenvalue weighted by Crippen LogP contribution is 2.44. The van der Waals surface area contributed by atoms with Crippen LogP contribution >= 0.6 is 0 Å². The fourth-order valence-electron chi connectivity index (χ4n) is 4.86. The number of rotatable bonds is 6. The minimum Gasteiger partial charge on any atom is -0.480 e. The van der Waals surface area contributed by atoms with Gasteiger partial charge in [-0.2, -0.15) is 0 Å². The van der Waals surface area contributed by atoms with Gasteiger partial charge in [0.25, 0.3) is 0 Å². The molecule has 0 bridgehead atoms. The van der Waals surface area contributed by atoms with E-state index < -0.39 is 23.5 Å².